The molecule has 9 nitrogen and oxygen atoms in total. The molecule has 2 fully saturated rings. The van der Waals surface area contributed by atoms with Gasteiger partial charge in [0.1, 0.15) is 17.6 Å². The zero-order valence-electron chi connectivity index (χ0n) is 17.5. The van der Waals surface area contributed by atoms with E-state index in [9.17, 15) is 18.8 Å². The molecule has 1 aromatic carbocycles. The highest BCUT2D eigenvalue weighted by Gasteiger charge is 2.55. The van der Waals surface area contributed by atoms with E-state index in [1.54, 1.807) is 11.0 Å². The molecule has 33 heavy (non-hydrogen) atoms. The number of pyridine rings is 1. The van der Waals surface area contributed by atoms with Crippen LogP contribution in [0.5, 0.6) is 0 Å². The van der Waals surface area contributed by atoms with Gasteiger partial charge in [0.2, 0.25) is 11.8 Å². The van der Waals surface area contributed by atoms with Gasteiger partial charge in [-0.05, 0) is 30.9 Å². The van der Waals surface area contributed by atoms with Gasteiger partial charge in [-0.25, -0.2) is 4.39 Å². The molecule has 4 rings (SSSR count). The Balaban J connectivity index is 1.40. The minimum atomic E-state index is -0.899. The maximum Gasteiger partial charge on any atom is 0.267 e. The summed E-state index contributed by atoms with van der Waals surface area (Å²) in [7, 11) is 0. The number of hydrogen-bond donors (Lipinski definition) is 4. The van der Waals surface area contributed by atoms with E-state index in [2.05, 4.69) is 15.6 Å². The number of likely N-dealkylation sites (tertiary alicyclic amines) is 1. The molecule has 3 atom stereocenters. The highest BCUT2D eigenvalue weighted by Crippen LogP contribution is 2.47. The fourth-order valence-corrected chi connectivity index (χ4v) is 4.38. The first kappa shape index (κ1) is 22.7. The van der Waals surface area contributed by atoms with Crippen molar-refractivity contribution < 1.29 is 18.8 Å². The molecule has 1 saturated heterocycles. The van der Waals surface area contributed by atoms with Gasteiger partial charge in [-0.2, -0.15) is 0 Å². The third kappa shape index (κ3) is 4.65. The number of rotatable bonds is 8. The highest BCUT2D eigenvalue weighted by molar-refractivity contribution is 6.44. The second-order valence-corrected chi connectivity index (χ2v) is 8.47. The fourth-order valence-electron chi connectivity index (χ4n) is 4.18. The average molecular weight is 473 g/mol. The van der Waals surface area contributed by atoms with Crippen molar-refractivity contribution in [3.8, 4) is 0 Å². The molecule has 0 spiro atoms. The van der Waals surface area contributed by atoms with Crippen LogP contribution < -0.4 is 16.4 Å². The van der Waals surface area contributed by atoms with Gasteiger partial charge in [-0.3, -0.25) is 24.8 Å². The molecule has 0 radical (unpaired) electrons. The molecular formula is C22H22ClFN6O3. The number of benzene rings is 1. The largest absolute Gasteiger partial charge is 0.374 e. The maximum atomic E-state index is 14.1. The normalized spacial score (nSPS) is 20.7. The van der Waals surface area contributed by atoms with Crippen LogP contribution in [0.25, 0.3) is 0 Å². The summed E-state index contributed by atoms with van der Waals surface area (Å²) in [5, 5.41) is 13.4. The predicted octanol–water partition coefficient (Wildman–Crippen LogP) is 1.44. The van der Waals surface area contributed by atoms with Crippen LogP contribution in [0.1, 0.15) is 24.0 Å². The molecule has 172 valence electrons. The number of piperidine rings is 1. The third-order valence-corrected chi connectivity index (χ3v) is 6.24. The Morgan fingerprint density at radius 2 is 2.06 bits per heavy atom. The average Bonchev–Trinajstić information content (AvgIpc) is 3.47. The number of aromatic nitrogens is 1. The second-order valence-electron chi connectivity index (χ2n) is 8.06. The highest BCUT2D eigenvalue weighted by atomic mass is 35.5. The summed E-state index contributed by atoms with van der Waals surface area (Å²) < 4.78 is 14.1. The van der Waals surface area contributed by atoms with Crippen LogP contribution in [0.15, 0.2) is 36.7 Å². The SMILES string of the molecule is N=C(C(N)=O)c1ccncc1NCC(=O)N1C(C(=O)NCc2cccc(Cl)c2F)CC2CC21. The number of hydrogen-bond acceptors (Lipinski definition) is 6. The van der Waals surface area contributed by atoms with Crippen LogP contribution in [-0.2, 0) is 20.9 Å². The number of nitrogens with one attached hydrogen (secondary N) is 3. The summed E-state index contributed by atoms with van der Waals surface area (Å²) in [6.45, 7) is -0.188. The van der Waals surface area contributed by atoms with E-state index in [1.165, 1.54) is 30.6 Å². The van der Waals surface area contributed by atoms with Crippen LogP contribution in [-0.4, -0.2) is 51.9 Å². The smallest absolute Gasteiger partial charge is 0.267 e. The Morgan fingerprint density at radius 1 is 1.27 bits per heavy atom. The van der Waals surface area contributed by atoms with Crippen LogP contribution in [0.3, 0.4) is 0 Å². The second kappa shape index (κ2) is 9.14. The summed E-state index contributed by atoms with van der Waals surface area (Å²) in [6.07, 6.45) is 4.19. The Bertz CT molecular complexity index is 1140. The lowest BCUT2D eigenvalue weighted by Crippen LogP contribution is -2.49. The number of nitrogens with two attached hydrogens (primary N) is 1. The van der Waals surface area contributed by atoms with E-state index in [0.29, 0.717) is 12.1 Å². The monoisotopic (exact) mass is 472 g/mol. The van der Waals surface area contributed by atoms with E-state index < -0.39 is 23.5 Å². The molecule has 1 saturated carbocycles. The molecule has 1 aromatic heterocycles. The van der Waals surface area contributed by atoms with Crippen molar-refractivity contribution in [1.82, 2.24) is 15.2 Å². The lowest BCUT2D eigenvalue weighted by atomic mass is 10.1. The van der Waals surface area contributed by atoms with Crippen molar-refractivity contribution in [1.29, 1.82) is 5.41 Å². The van der Waals surface area contributed by atoms with Crippen molar-refractivity contribution in [3.63, 3.8) is 0 Å². The van der Waals surface area contributed by atoms with Gasteiger partial charge in [-0.1, -0.05) is 23.7 Å². The van der Waals surface area contributed by atoms with Crippen molar-refractivity contribution in [2.24, 2.45) is 11.7 Å². The van der Waals surface area contributed by atoms with Crippen LogP contribution in [0.2, 0.25) is 5.02 Å². The molecule has 0 bridgehead atoms. The molecule has 3 amide bonds. The van der Waals surface area contributed by atoms with Gasteiger partial charge in [-0.15, -0.1) is 0 Å². The van der Waals surface area contributed by atoms with Crippen LogP contribution in [0, 0.1) is 17.1 Å². The van der Waals surface area contributed by atoms with E-state index in [4.69, 9.17) is 22.7 Å². The Hall–Kier alpha value is -3.53. The molecule has 1 aliphatic heterocycles. The summed E-state index contributed by atoms with van der Waals surface area (Å²) in [5.41, 5.74) is 5.60. The minimum absolute atomic E-state index is 0.00440. The van der Waals surface area contributed by atoms with Gasteiger partial charge < -0.3 is 21.3 Å². The number of amides is 3. The molecule has 11 heteroatoms. The first-order valence-electron chi connectivity index (χ1n) is 10.4. The van der Waals surface area contributed by atoms with E-state index in [0.717, 1.165) is 6.42 Å². The van der Waals surface area contributed by atoms with E-state index in [-0.39, 0.29) is 53.0 Å². The van der Waals surface area contributed by atoms with Gasteiger partial charge in [0.25, 0.3) is 5.91 Å². The number of nitrogens with zero attached hydrogens (tertiary/aromatic N) is 2. The van der Waals surface area contributed by atoms with Crippen LogP contribution >= 0.6 is 11.6 Å². The van der Waals surface area contributed by atoms with Crippen molar-refractivity contribution >= 4 is 40.7 Å². The summed E-state index contributed by atoms with van der Waals surface area (Å²) in [4.78, 5) is 42.7. The summed E-state index contributed by atoms with van der Waals surface area (Å²) in [5.74, 6) is -1.87. The minimum Gasteiger partial charge on any atom is -0.374 e. The zero-order valence-corrected chi connectivity index (χ0v) is 18.2. The van der Waals surface area contributed by atoms with Gasteiger partial charge in [0, 0.05) is 29.9 Å². The van der Waals surface area contributed by atoms with Gasteiger partial charge in [0.15, 0.2) is 0 Å². The van der Waals surface area contributed by atoms with Gasteiger partial charge >= 0.3 is 0 Å². The lowest BCUT2D eigenvalue weighted by Gasteiger charge is -2.27. The fraction of sp³-hybridized carbons (Fsp3) is 0.318. The number of anilines is 1. The van der Waals surface area contributed by atoms with E-state index >= 15 is 0 Å². The zero-order chi connectivity index (χ0) is 23.7. The van der Waals surface area contributed by atoms with Crippen molar-refractivity contribution in [2.45, 2.75) is 31.5 Å². The summed E-state index contributed by atoms with van der Waals surface area (Å²) >= 11 is 5.79. The number of carbonyl (C=O) groups is 3. The van der Waals surface area contributed by atoms with Crippen molar-refractivity contribution in [2.75, 3.05) is 11.9 Å². The first-order chi connectivity index (χ1) is 15.8. The molecule has 2 aliphatic rings. The number of fused-ring (bicyclic) bond motifs is 1. The number of primary amides is 1. The Morgan fingerprint density at radius 3 is 2.82 bits per heavy atom. The third-order valence-electron chi connectivity index (χ3n) is 5.95. The molecule has 5 N–H and O–H groups in total. The summed E-state index contributed by atoms with van der Waals surface area (Å²) in [6, 6.07) is 5.37. The van der Waals surface area contributed by atoms with Crippen molar-refractivity contribution in [3.05, 3.63) is 58.6 Å². The topological polar surface area (TPSA) is 141 Å². The van der Waals surface area contributed by atoms with E-state index in [1.807, 2.05) is 0 Å². The molecule has 2 heterocycles. The Labute approximate surface area is 194 Å². The molecule has 2 aromatic rings. The number of carbonyl (C=O) groups excluding carboxylic acids is 3. The lowest BCUT2D eigenvalue weighted by molar-refractivity contribution is -0.138. The maximum absolute atomic E-state index is 14.1. The molecule has 3 unspecified atom stereocenters. The Kier molecular flexibility index (Phi) is 6.28. The molecular weight excluding hydrogens is 451 g/mol. The van der Waals surface area contributed by atoms with Gasteiger partial charge in [0.05, 0.1) is 23.5 Å². The predicted molar refractivity (Wildman–Crippen MR) is 119 cm³/mol. The first-order valence-corrected chi connectivity index (χ1v) is 10.7. The van der Waals surface area contributed by atoms with Crippen LogP contribution in [0.4, 0.5) is 10.1 Å². The quantitative estimate of drug-likeness (QED) is 0.430. The number of halogens is 2. The standard InChI is InChI=1S/C22H22ClFN6O3/c23-14-3-1-2-11(19(14)24)8-29-22(33)17-7-12-6-16(12)30(17)18(31)10-28-15-9-27-5-4-13(15)20(25)21(26)32/h1-5,9,12,16-17,25,28H,6-8,10H2,(H2,26,32)(H,29,33). The molecule has 1 aliphatic carbocycles.